The van der Waals surface area contributed by atoms with Crippen molar-refractivity contribution in [3.05, 3.63) is 65.2 Å². The van der Waals surface area contributed by atoms with E-state index in [1.807, 2.05) is 6.07 Å². The number of anilines is 1. The molecule has 0 saturated heterocycles. The maximum absolute atomic E-state index is 13.5. The zero-order valence-electron chi connectivity index (χ0n) is 9.08. The molecule has 0 bridgehead atoms. The molecule has 0 amide bonds. The Morgan fingerprint density at radius 1 is 1.00 bits per heavy atom. The van der Waals surface area contributed by atoms with Gasteiger partial charge in [-0.15, -0.1) is 0 Å². The molecule has 17 heavy (non-hydrogen) atoms. The lowest BCUT2D eigenvalue weighted by atomic mass is 10.0. The van der Waals surface area contributed by atoms with Gasteiger partial charge >= 0.3 is 0 Å². The number of halogens is 2. The number of benzene rings is 2. The third-order valence-electron chi connectivity index (χ3n) is 3.13. The summed E-state index contributed by atoms with van der Waals surface area (Å²) in [5.41, 5.74) is 2.52. The first-order valence-corrected chi connectivity index (χ1v) is 5.53. The monoisotopic (exact) mass is 231 g/mol. The van der Waals surface area contributed by atoms with E-state index in [2.05, 4.69) is 5.32 Å². The number of fused-ring (bicyclic) bond motifs is 1. The Kier molecular flexibility index (Phi) is 2.32. The lowest BCUT2D eigenvalue weighted by molar-refractivity contribution is 0.609. The normalized spacial score (nSPS) is 17.6. The first-order valence-electron chi connectivity index (χ1n) is 5.53. The second-order valence-electron chi connectivity index (χ2n) is 4.22. The average molecular weight is 231 g/mol. The summed E-state index contributed by atoms with van der Waals surface area (Å²) in [6.45, 7) is 0. The average Bonchev–Trinajstić information content (AvgIpc) is 2.75. The lowest BCUT2D eigenvalue weighted by Crippen LogP contribution is -2.05. The smallest absolute Gasteiger partial charge is 0.128 e. The van der Waals surface area contributed by atoms with Gasteiger partial charge in [0.1, 0.15) is 11.6 Å². The van der Waals surface area contributed by atoms with Crippen molar-refractivity contribution in [3.8, 4) is 0 Å². The van der Waals surface area contributed by atoms with Crippen molar-refractivity contribution in [2.45, 2.75) is 12.5 Å². The summed E-state index contributed by atoms with van der Waals surface area (Å²) >= 11 is 0. The fourth-order valence-corrected chi connectivity index (χ4v) is 2.24. The topological polar surface area (TPSA) is 12.0 Å². The summed E-state index contributed by atoms with van der Waals surface area (Å²) < 4.78 is 26.4. The van der Waals surface area contributed by atoms with Crippen molar-refractivity contribution in [2.24, 2.45) is 0 Å². The van der Waals surface area contributed by atoms with Gasteiger partial charge in [0, 0.05) is 17.7 Å². The number of rotatable bonds is 1. The van der Waals surface area contributed by atoms with Gasteiger partial charge in [0.25, 0.3) is 0 Å². The fourth-order valence-electron chi connectivity index (χ4n) is 2.24. The van der Waals surface area contributed by atoms with Crippen molar-refractivity contribution >= 4 is 5.69 Å². The molecule has 0 fully saturated rings. The summed E-state index contributed by atoms with van der Waals surface area (Å²) in [5, 5.41) is 3.25. The molecule has 3 heteroatoms. The molecule has 1 nitrogen and oxygen atoms in total. The van der Waals surface area contributed by atoms with Crippen LogP contribution in [0.15, 0.2) is 42.5 Å². The van der Waals surface area contributed by atoms with E-state index in [-0.39, 0.29) is 17.7 Å². The van der Waals surface area contributed by atoms with Crippen LogP contribution in [0.1, 0.15) is 17.2 Å². The van der Waals surface area contributed by atoms with Crippen LogP contribution in [0.3, 0.4) is 0 Å². The van der Waals surface area contributed by atoms with E-state index in [1.165, 1.54) is 18.2 Å². The SMILES string of the molecule is Fc1ccc(C2Cc3c(F)cccc3N2)cc1. The molecule has 0 aliphatic carbocycles. The Labute approximate surface area is 98.1 Å². The van der Waals surface area contributed by atoms with Crippen LogP contribution < -0.4 is 5.32 Å². The molecule has 1 heterocycles. The quantitative estimate of drug-likeness (QED) is 0.789. The standard InChI is InChI=1S/C14H11F2N/c15-10-6-4-9(5-7-10)14-8-11-12(16)2-1-3-13(11)17-14/h1-7,14,17H,8H2. The highest BCUT2D eigenvalue weighted by Crippen LogP contribution is 2.35. The van der Waals surface area contributed by atoms with Crippen LogP contribution in [0.4, 0.5) is 14.5 Å². The Bertz CT molecular complexity index is 549. The van der Waals surface area contributed by atoms with Crippen LogP contribution >= 0.6 is 0 Å². The van der Waals surface area contributed by atoms with Crippen LogP contribution in [0, 0.1) is 11.6 Å². The molecule has 1 aliphatic rings. The summed E-state index contributed by atoms with van der Waals surface area (Å²) in [5.74, 6) is -0.435. The molecule has 3 rings (SSSR count). The molecule has 1 N–H and O–H groups in total. The zero-order valence-corrected chi connectivity index (χ0v) is 9.08. The lowest BCUT2D eigenvalue weighted by Gasteiger charge is -2.11. The van der Waals surface area contributed by atoms with Gasteiger partial charge in [-0.2, -0.15) is 0 Å². The minimum atomic E-state index is -0.254. The maximum atomic E-state index is 13.5. The number of nitrogens with one attached hydrogen (secondary N) is 1. The van der Waals surface area contributed by atoms with E-state index in [4.69, 9.17) is 0 Å². The van der Waals surface area contributed by atoms with Gasteiger partial charge in [0.2, 0.25) is 0 Å². The van der Waals surface area contributed by atoms with Crippen molar-refractivity contribution in [1.29, 1.82) is 0 Å². The highest BCUT2D eigenvalue weighted by Gasteiger charge is 2.24. The van der Waals surface area contributed by atoms with Gasteiger partial charge in [-0.25, -0.2) is 8.78 Å². The molecule has 2 aromatic rings. The van der Waals surface area contributed by atoms with E-state index in [9.17, 15) is 8.78 Å². The summed E-state index contributed by atoms with van der Waals surface area (Å²) in [4.78, 5) is 0. The largest absolute Gasteiger partial charge is 0.378 e. The predicted molar refractivity (Wildman–Crippen MR) is 62.9 cm³/mol. The second kappa shape index (κ2) is 3.84. The second-order valence-corrected chi connectivity index (χ2v) is 4.22. The van der Waals surface area contributed by atoms with E-state index < -0.39 is 0 Å². The first kappa shape index (κ1) is 10.3. The molecular formula is C14H11F2N. The molecule has 0 aromatic heterocycles. The molecule has 0 radical (unpaired) electrons. The third kappa shape index (κ3) is 1.78. The Hall–Kier alpha value is -1.90. The molecule has 2 aromatic carbocycles. The molecular weight excluding hydrogens is 220 g/mol. The van der Waals surface area contributed by atoms with Gasteiger partial charge in [0.05, 0.1) is 6.04 Å². The van der Waals surface area contributed by atoms with Gasteiger partial charge in [-0.1, -0.05) is 18.2 Å². The molecule has 1 aliphatic heterocycles. The fraction of sp³-hybridized carbons (Fsp3) is 0.143. The van der Waals surface area contributed by atoms with Crippen molar-refractivity contribution in [3.63, 3.8) is 0 Å². The van der Waals surface area contributed by atoms with Crippen LogP contribution in [0.5, 0.6) is 0 Å². The van der Waals surface area contributed by atoms with E-state index in [0.29, 0.717) is 12.0 Å². The highest BCUT2D eigenvalue weighted by atomic mass is 19.1. The minimum Gasteiger partial charge on any atom is -0.378 e. The van der Waals surface area contributed by atoms with Gasteiger partial charge < -0.3 is 5.32 Å². The molecule has 1 atom stereocenters. The molecule has 1 unspecified atom stereocenters. The Morgan fingerprint density at radius 3 is 2.47 bits per heavy atom. The zero-order chi connectivity index (χ0) is 11.8. The van der Waals surface area contributed by atoms with Crippen molar-refractivity contribution < 1.29 is 8.78 Å². The minimum absolute atomic E-state index is 0.0301. The summed E-state index contributed by atoms with van der Waals surface area (Å²) in [6.07, 6.45) is 0.605. The summed E-state index contributed by atoms with van der Waals surface area (Å²) in [6, 6.07) is 11.4. The van der Waals surface area contributed by atoms with Gasteiger partial charge in [-0.3, -0.25) is 0 Å². The third-order valence-corrected chi connectivity index (χ3v) is 3.13. The van der Waals surface area contributed by atoms with Crippen molar-refractivity contribution in [2.75, 3.05) is 5.32 Å². The first-order chi connectivity index (χ1) is 8.24. The summed E-state index contributed by atoms with van der Waals surface area (Å²) in [7, 11) is 0. The van der Waals surface area contributed by atoms with Crippen LogP contribution in [0.2, 0.25) is 0 Å². The number of hydrogen-bond donors (Lipinski definition) is 1. The van der Waals surface area contributed by atoms with E-state index in [0.717, 1.165) is 11.3 Å². The van der Waals surface area contributed by atoms with Crippen LogP contribution in [-0.4, -0.2) is 0 Å². The van der Waals surface area contributed by atoms with Crippen LogP contribution in [0.25, 0.3) is 0 Å². The maximum Gasteiger partial charge on any atom is 0.128 e. The van der Waals surface area contributed by atoms with Gasteiger partial charge in [-0.05, 0) is 29.8 Å². The predicted octanol–water partition coefficient (Wildman–Crippen LogP) is 3.67. The molecule has 86 valence electrons. The van der Waals surface area contributed by atoms with Crippen molar-refractivity contribution in [1.82, 2.24) is 0 Å². The molecule has 0 spiro atoms. The van der Waals surface area contributed by atoms with Crippen LogP contribution in [-0.2, 0) is 6.42 Å². The highest BCUT2D eigenvalue weighted by molar-refractivity contribution is 5.58. The van der Waals surface area contributed by atoms with E-state index in [1.54, 1.807) is 18.2 Å². The van der Waals surface area contributed by atoms with E-state index >= 15 is 0 Å². The molecule has 0 saturated carbocycles. The Morgan fingerprint density at radius 2 is 1.76 bits per heavy atom. The Balaban J connectivity index is 1.91. The van der Waals surface area contributed by atoms with Gasteiger partial charge in [0.15, 0.2) is 0 Å². The number of hydrogen-bond acceptors (Lipinski definition) is 1.